The van der Waals surface area contributed by atoms with E-state index in [1.807, 2.05) is 6.92 Å². The zero-order valence-corrected chi connectivity index (χ0v) is 18.7. The average molecular weight is 456 g/mol. The second kappa shape index (κ2) is 10.4. The van der Waals surface area contributed by atoms with Gasteiger partial charge in [0.25, 0.3) is 0 Å². The van der Waals surface area contributed by atoms with Crippen molar-refractivity contribution in [2.24, 2.45) is 5.73 Å². The van der Waals surface area contributed by atoms with E-state index >= 15 is 0 Å². The summed E-state index contributed by atoms with van der Waals surface area (Å²) in [6, 6.07) is 8.13. The molecule has 1 aliphatic rings. The van der Waals surface area contributed by atoms with Crippen molar-refractivity contribution in [1.29, 1.82) is 0 Å². The van der Waals surface area contributed by atoms with Crippen molar-refractivity contribution in [1.82, 2.24) is 10.2 Å². The molecule has 0 saturated carbocycles. The fraction of sp³-hybridized carbons (Fsp3) is 0.375. The molecule has 0 aromatic heterocycles. The number of nitrogens with zero attached hydrogens (tertiary/aromatic N) is 1. The van der Waals surface area contributed by atoms with Crippen LogP contribution in [0.5, 0.6) is 11.5 Å². The number of hydrogen-bond donors (Lipinski definition) is 4. The summed E-state index contributed by atoms with van der Waals surface area (Å²) in [5.41, 5.74) is 7.84. The van der Waals surface area contributed by atoms with Crippen LogP contribution in [0.15, 0.2) is 36.4 Å². The molecule has 2 aromatic rings. The molecular formula is C24H29N3O6. The highest BCUT2D eigenvalue weighted by Crippen LogP contribution is 2.36. The number of aryl methyl sites for hydroxylation is 1. The van der Waals surface area contributed by atoms with Crippen molar-refractivity contribution < 1.29 is 29.3 Å². The second-order valence-corrected chi connectivity index (χ2v) is 8.11. The molecule has 33 heavy (non-hydrogen) atoms. The summed E-state index contributed by atoms with van der Waals surface area (Å²) in [7, 11) is 1.23. The molecule has 5 N–H and O–H groups in total. The van der Waals surface area contributed by atoms with E-state index in [1.54, 1.807) is 30.3 Å². The minimum Gasteiger partial charge on any atom is -0.507 e. The smallest absolute Gasteiger partial charge is 0.328 e. The minimum absolute atomic E-state index is 0.0109. The van der Waals surface area contributed by atoms with Crippen LogP contribution >= 0.6 is 0 Å². The number of rotatable bonds is 7. The number of aromatic hydroxyl groups is 2. The molecule has 1 saturated heterocycles. The zero-order chi connectivity index (χ0) is 24.1. The minimum atomic E-state index is -0.999. The van der Waals surface area contributed by atoms with Crippen molar-refractivity contribution in [3.8, 4) is 22.6 Å². The molecule has 2 aromatic carbocycles. The lowest BCUT2D eigenvalue weighted by molar-refractivity contribution is -0.146. The summed E-state index contributed by atoms with van der Waals surface area (Å²) < 4.78 is 4.87. The standard InChI is InChI=1S/C24H29N3O6/c1-14-5-7-20(28)16(10-14)17-11-15(6-8-21(17)29)12-18(24(32)33-2)26-23(31)19-4-3-9-27(19)22(30)13-25/h5-8,10-11,18-19,28-29H,3-4,9,12-13,25H2,1-2H3,(H,26,31)/t18-,19?/m0/s1. The topological polar surface area (TPSA) is 142 Å². The van der Waals surface area contributed by atoms with Gasteiger partial charge in [0.1, 0.15) is 23.6 Å². The van der Waals surface area contributed by atoms with E-state index in [1.165, 1.54) is 18.1 Å². The number of nitrogens with one attached hydrogen (secondary N) is 1. The highest BCUT2D eigenvalue weighted by Gasteiger charge is 2.35. The summed E-state index contributed by atoms with van der Waals surface area (Å²) in [5.74, 6) is -1.41. The number of phenols is 2. The van der Waals surface area contributed by atoms with Crippen molar-refractivity contribution in [3.05, 3.63) is 47.5 Å². The predicted octanol–water partition coefficient (Wildman–Crippen LogP) is 1.22. The van der Waals surface area contributed by atoms with Crippen LogP contribution in [0.2, 0.25) is 0 Å². The van der Waals surface area contributed by atoms with E-state index in [-0.39, 0.29) is 30.4 Å². The number of carbonyl (C=O) groups excluding carboxylic acids is 3. The first kappa shape index (κ1) is 24.1. The Labute approximate surface area is 192 Å². The third kappa shape index (κ3) is 5.43. The van der Waals surface area contributed by atoms with Crippen LogP contribution in [0.25, 0.3) is 11.1 Å². The van der Waals surface area contributed by atoms with E-state index < -0.39 is 24.0 Å². The van der Waals surface area contributed by atoms with Crippen LogP contribution in [0.1, 0.15) is 24.0 Å². The summed E-state index contributed by atoms with van der Waals surface area (Å²) in [5, 5.41) is 23.3. The molecule has 3 rings (SSSR count). The number of phenolic OH excluding ortho intramolecular Hbond substituents is 2. The van der Waals surface area contributed by atoms with E-state index in [4.69, 9.17) is 10.5 Å². The van der Waals surface area contributed by atoms with Crippen LogP contribution in [0.3, 0.4) is 0 Å². The Morgan fingerprint density at radius 1 is 1.15 bits per heavy atom. The van der Waals surface area contributed by atoms with E-state index in [2.05, 4.69) is 5.32 Å². The van der Waals surface area contributed by atoms with Gasteiger partial charge in [0.15, 0.2) is 0 Å². The lowest BCUT2D eigenvalue weighted by atomic mass is 9.96. The Hall–Kier alpha value is -3.59. The molecule has 1 aliphatic heterocycles. The van der Waals surface area contributed by atoms with Crippen molar-refractivity contribution in [2.45, 2.75) is 38.3 Å². The maximum atomic E-state index is 12.9. The van der Waals surface area contributed by atoms with E-state index in [9.17, 15) is 24.6 Å². The Bertz CT molecular complexity index is 1050. The number of hydrogen-bond acceptors (Lipinski definition) is 7. The third-order valence-corrected chi connectivity index (χ3v) is 5.80. The van der Waals surface area contributed by atoms with Crippen LogP contribution in [-0.2, 0) is 25.5 Å². The average Bonchev–Trinajstić information content (AvgIpc) is 3.30. The van der Waals surface area contributed by atoms with Crippen LogP contribution in [-0.4, -0.2) is 65.2 Å². The van der Waals surface area contributed by atoms with Gasteiger partial charge in [-0.05, 0) is 49.6 Å². The molecule has 1 heterocycles. The molecule has 176 valence electrons. The first-order valence-corrected chi connectivity index (χ1v) is 10.7. The maximum absolute atomic E-state index is 12.9. The Kier molecular flexibility index (Phi) is 7.55. The molecule has 9 nitrogen and oxygen atoms in total. The van der Waals surface area contributed by atoms with Gasteiger partial charge in [0.2, 0.25) is 11.8 Å². The molecule has 0 radical (unpaired) electrons. The summed E-state index contributed by atoms with van der Waals surface area (Å²) in [6.45, 7) is 2.12. The fourth-order valence-corrected chi connectivity index (χ4v) is 4.09. The maximum Gasteiger partial charge on any atom is 0.328 e. The summed E-state index contributed by atoms with van der Waals surface area (Å²) in [6.07, 6.45) is 1.26. The van der Waals surface area contributed by atoms with Gasteiger partial charge in [-0.25, -0.2) is 4.79 Å². The molecule has 9 heteroatoms. The summed E-state index contributed by atoms with van der Waals surface area (Å²) in [4.78, 5) is 38.8. The predicted molar refractivity (Wildman–Crippen MR) is 121 cm³/mol. The molecule has 0 bridgehead atoms. The number of esters is 1. The second-order valence-electron chi connectivity index (χ2n) is 8.11. The van der Waals surface area contributed by atoms with E-state index in [0.29, 0.717) is 36.1 Å². The monoisotopic (exact) mass is 455 g/mol. The molecular weight excluding hydrogens is 426 g/mol. The van der Waals surface area contributed by atoms with Crippen LogP contribution < -0.4 is 11.1 Å². The van der Waals surface area contributed by atoms with Crippen molar-refractivity contribution in [3.63, 3.8) is 0 Å². The van der Waals surface area contributed by atoms with Crippen molar-refractivity contribution in [2.75, 3.05) is 20.2 Å². The number of likely N-dealkylation sites (tertiary alicyclic amines) is 1. The van der Waals surface area contributed by atoms with Crippen LogP contribution in [0.4, 0.5) is 0 Å². The molecule has 0 aliphatic carbocycles. The van der Waals surface area contributed by atoms with Gasteiger partial charge >= 0.3 is 5.97 Å². The van der Waals surface area contributed by atoms with Crippen LogP contribution in [0, 0.1) is 6.92 Å². The Morgan fingerprint density at radius 3 is 2.48 bits per heavy atom. The first-order valence-electron chi connectivity index (χ1n) is 10.7. The van der Waals surface area contributed by atoms with Gasteiger partial charge in [-0.1, -0.05) is 17.7 Å². The highest BCUT2D eigenvalue weighted by molar-refractivity contribution is 5.91. The normalized spacial score (nSPS) is 16.3. The SMILES string of the molecule is COC(=O)[C@H](Cc1ccc(O)c(-c2cc(C)ccc2O)c1)NC(=O)C1CCCN1C(=O)CN. The lowest BCUT2D eigenvalue weighted by Crippen LogP contribution is -2.52. The quantitative estimate of drug-likeness (QED) is 0.460. The Morgan fingerprint density at radius 2 is 1.82 bits per heavy atom. The fourth-order valence-electron chi connectivity index (χ4n) is 4.09. The zero-order valence-electron chi connectivity index (χ0n) is 18.7. The molecule has 1 unspecified atom stereocenters. The number of amides is 2. The molecule has 1 fully saturated rings. The molecule has 2 atom stereocenters. The molecule has 2 amide bonds. The van der Waals surface area contributed by atoms with Gasteiger partial charge in [-0.2, -0.15) is 0 Å². The number of ether oxygens (including phenoxy) is 1. The largest absolute Gasteiger partial charge is 0.507 e. The number of benzene rings is 2. The highest BCUT2D eigenvalue weighted by atomic mass is 16.5. The first-order chi connectivity index (χ1) is 15.7. The summed E-state index contributed by atoms with van der Waals surface area (Å²) >= 11 is 0. The van der Waals surface area contributed by atoms with Gasteiger partial charge < -0.3 is 30.9 Å². The lowest BCUT2D eigenvalue weighted by Gasteiger charge is -2.25. The third-order valence-electron chi connectivity index (χ3n) is 5.80. The number of nitrogens with two attached hydrogens (primary N) is 1. The van der Waals surface area contributed by atoms with Gasteiger partial charge in [-0.15, -0.1) is 0 Å². The van der Waals surface area contributed by atoms with Gasteiger partial charge in [0, 0.05) is 24.1 Å². The Balaban J connectivity index is 1.84. The van der Waals surface area contributed by atoms with E-state index in [0.717, 1.165) is 5.56 Å². The van der Waals surface area contributed by atoms with Gasteiger partial charge in [-0.3, -0.25) is 9.59 Å². The molecule has 0 spiro atoms. The van der Waals surface area contributed by atoms with Crippen molar-refractivity contribution >= 4 is 17.8 Å². The number of methoxy groups -OCH3 is 1. The van der Waals surface area contributed by atoms with Gasteiger partial charge in [0.05, 0.1) is 13.7 Å². The number of carbonyl (C=O) groups is 3.